The lowest BCUT2D eigenvalue weighted by atomic mass is 9.94. The van der Waals surface area contributed by atoms with E-state index in [1.165, 1.54) is 26.4 Å². The molecule has 1 fully saturated rings. The van der Waals surface area contributed by atoms with Gasteiger partial charge in [-0.15, -0.1) is 0 Å². The Morgan fingerprint density at radius 1 is 1.29 bits per heavy atom. The first-order valence-electron chi connectivity index (χ1n) is 5.21. The van der Waals surface area contributed by atoms with Crippen LogP contribution in [0.5, 0.6) is 11.5 Å². The summed E-state index contributed by atoms with van der Waals surface area (Å²) in [7, 11) is 2.70. The predicted octanol–water partition coefficient (Wildman–Crippen LogP) is 1.96. The largest absolute Gasteiger partial charge is 0.492 e. The van der Waals surface area contributed by atoms with Crippen LogP contribution in [-0.4, -0.2) is 25.3 Å². The third-order valence-corrected chi connectivity index (χ3v) is 3.15. The lowest BCUT2D eigenvalue weighted by molar-refractivity contribution is -0.140. The summed E-state index contributed by atoms with van der Waals surface area (Å²) in [5.74, 6) is -1.34. The number of ether oxygens (including phenoxy) is 2. The highest BCUT2D eigenvalue weighted by atomic mass is 19.1. The molecule has 1 aliphatic rings. The highest BCUT2D eigenvalue weighted by Crippen LogP contribution is 2.53. The quantitative estimate of drug-likeness (QED) is 0.874. The van der Waals surface area contributed by atoms with Gasteiger partial charge in [0.1, 0.15) is 0 Å². The monoisotopic (exact) mass is 240 g/mol. The topological polar surface area (TPSA) is 55.8 Å². The molecular weight excluding hydrogens is 227 g/mol. The molecule has 1 N–H and O–H groups in total. The average molecular weight is 240 g/mol. The van der Waals surface area contributed by atoms with E-state index in [1.807, 2.05) is 0 Å². The summed E-state index contributed by atoms with van der Waals surface area (Å²) in [5, 5.41) is 9.22. The molecule has 0 spiro atoms. The first-order valence-corrected chi connectivity index (χ1v) is 5.21. The van der Waals surface area contributed by atoms with Gasteiger partial charge in [0, 0.05) is 5.56 Å². The molecule has 0 atom stereocenters. The maximum Gasteiger partial charge on any atom is 0.314 e. The number of halogens is 1. The molecule has 4 nitrogen and oxygen atoms in total. The van der Waals surface area contributed by atoms with Crippen molar-refractivity contribution in [2.45, 2.75) is 18.3 Å². The fourth-order valence-corrected chi connectivity index (χ4v) is 2.03. The number of methoxy groups -OCH3 is 2. The fourth-order valence-electron chi connectivity index (χ4n) is 2.03. The summed E-state index contributed by atoms with van der Waals surface area (Å²) >= 11 is 0. The zero-order chi connectivity index (χ0) is 12.6. The molecule has 1 aliphatic carbocycles. The Bertz CT molecular complexity index is 466. The highest BCUT2D eigenvalue weighted by molar-refractivity contribution is 5.86. The molecule has 1 saturated carbocycles. The van der Waals surface area contributed by atoms with Crippen molar-refractivity contribution in [1.29, 1.82) is 0 Å². The standard InChI is InChI=1S/C12H13FO4/c1-16-9-7(12(5-6-12)11(14)15)3-4-8(13)10(9)17-2/h3-4H,5-6H2,1-2H3,(H,14,15). The molecule has 1 aromatic rings. The molecule has 92 valence electrons. The maximum absolute atomic E-state index is 13.5. The zero-order valence-electron chi connectivity index (χ0n) is 9.62. The lowest BCUT2D eigenvalue weighted by Crippen LogP contribution is -2.20. The van der Waals surface area contributed by atoms with E-state index in [4.69, 9.17) is 9.47 Å². The first kappa shape index (κ1) is 11.7. The van der Waals surface area contributed by atoms with E-state index in [9.17, 15) is 14.3 Å². The van der Waals surface area contributed by atoms with Crippen molar-refractivity contribution in [1.82, 2.24) is 0 Å². The van der Waals surface area contributed by atoms with Gasteiger partial charge in [0.15, 0.2) is 17.3 Å². The molecule has 0 amide bonds. The zero-order valence-corrected chi connectivity index (χ0v) is 9.62. The second kappa shape index (κ2) is 3.91. The Balaban J connectivity index is 2.59. The van der Waals surface area contributed by atoms with Crippen LogP contribution >= 0.6 is 0 Å². The number of carboxylic acids is 1. The Morgan fingerprint density at radius 3 is 2.29 bits per heavy atom. The Kier molecular flexibility index (Phi) is 2.69. The number of hydrogen-bond acceptors (Lipinski definition) is 3. The molecule has 2 rings (SSSR count). The van der Waals surface area contributed by atoms with Gasteiger partial charge in [0.25, 0.3) is 0 Å². The molecule has 1 aromatic carbocycles. The third kappa shape index (κ3) is 1.62. The highest BCUT2D eigenvalue weighted by Gasteiger charge is 2.54. The summed E-state index contributed by atoms with van der Waals surface area (Å²) in [6, 6.07) is 2.66. The third-order valence-electron chi connectivity index (χ3n) is 3.15. The van der Waals surface area contributed by atoms with E-state index in [-0.39, 0.29) is 11.5 Å². The van der Waals surface area contributed by atoms with Crippen molar-refractivity contribution in [2.75, 3.05) is 14.2 Å². The van der Waals surface area contributed by atoms with Gasteiger partial charge in [-0.05, 0) is 18.9 Å². The van der Waals surface area contributed by atoms with Crippen molar-refractivity contribution in [3.05, 3.63) is 23.5 Å². The number of rotatable bonds is 4. The summed E-state index contributed by atoms with van der Waals surface area (Å²) in [6.45, 7) is 0. The van der Waals surface area contributed by atoms with E-state index < -0.39 is 17.2 Å². The van der Waals surface area contributed by atoms with Gasteiger partial charge in [-0.1, -0.05) is 6.07 Å². The number of aliphatic carboxylic acids is 1. The minimum Gasteiger partial charge on any atom is -0.492 e. The normalized spacial score (nSPS) is 16.4. The summed E-state index contributed by atoms with van der Waals surface area (Å²) in [6.07, 6.45) is 1.07. The van der Waals surface area contributed by atoms with Crippen molar-refractivity contribution in [3.8, 4) is 11.5 Å². The van der Waals surface area contributed by atoms with Crippen LogP contribution in [0.25, 0.3) is 0 Å². The van der Waals surface area contributed by atoms with E-state index in [0.717, 1.165) is 0 Å². The molecule has 5 heteroatoms. The Morgan fingerprint density at radius 2 is 1.88 bits per heavy atom. The Hall–Kier alpha value is -1.78. The van der Waals surface area contributed by atoms with Crippen molar-refractivity contribution in [3.63, 3.8) is 0 Å². The molecule has 0 aromatic heterocycles. The average Bonchev–Trinajstić information content (AvgIpc) is 3.09. The van der Waals surface area contributed by atoms with Crippen LogP contribution in [0.15, 0.2) is 12.1 Å². The minimum atomic E-state index is -0.938. The predicted molar refractivity (Wildman–Crippen MR) is 58.1 cm³/mol. The van der Waals surface area contributed by atoms with Crippen molar-refractivity contribution >= 4 is 5.97 Å². The maximum atomic E-state index is 13.5. The van der Waals surface area contributed by atoms with Crippen LogP contribution in [-0.2, 0) is 10.2 Å². The summed E-state index contributed by atoms with van der Waals surface area (Å²) < 4.78 is 23.5. The number of hydrogen-bond donors (Lipinski definition) is 1. The summed E-state index contributed by atoms with van der Waals surface area (Å²) in [5.41, 5.74) is -0.461. The molecule has 0 saturated heterocycles. The Labute approximate surface area is 98.0 Å². The van der Waals surface area contributed by atoms with E-state index in [1.54, 1.807) is 0 Å². The van der Waals surface area contributed by atoms with Gasteiger partial charge < -0.3 is 14.6 Å². The van der Waals surface area contributed by atoms with Gasteiger partial charge >= 0.3 is 5.97 Å². The molecule has 0 aliphatic heterocycles. The van der Waals surface area contributed by atoms with Crippen LogP contribution in [0.1, 0.15) is 18.4 Å². The molecular formula is C12H13FO4. The molecule has 17 heavy (non-hydrogen) atoms. The van der Waals surface area contributed by atoms with E-state index >= 15 is 0 Å². The van der Waals surface area contributed by atoms with Crippen LogP contribution in [0.4, 0.5) is 4.39 Å². The SMILES string of the molecule is COc1c(F)ccc(C2(C(=O)O)CC2)c1OC. The molecule has 0 bridgehead atoms. The number of carboxylic acid groups (broad SMARTS) is 1. The van der Waals surface area contributed by atoms with E-state index in [2.05, 4.69) is 0 Å². The van der Waals surface area contributed by atoms with Gasteiger partial charge in [0.2, 0.25) is 0 Å². The second-order valence-corrected chi connectivity index (χ2v) is 4.05. The fraction of sp³-hybridized carbons (Fsp3) is 0.417. The first-order chi connectivity index (χ1) is 8.06. The van der Waals surface area contributed by atoms with E-state index in [0.29, 0.717) is 18.4 Å². The lowest BCUT2D eigenvalue weighted by Gasteiger charge is -2.17. The smallest absolute Gasteiger partial charge is 0.314 e. The van der Waals surface area contributed by atoms with Gasteiger partial charge in [0.05, 0.1) is 19.6 Å². The van der Waals surface area contributed by atoms with Crippen LogP contribution in [0, 0.1) is 5.82 Å². The summed E-state index contributed by atoms with van der Waals surface area (Å²) in [4.78, 5) is 11.2. The van der Waals surface area contributed by atoms with Gasteiger partial charge in [-0.25, -0.2) is 4.39 Å². The van der Waals surface area contributed by atoms with Crippen LogP contribution in [0.2, 0.25) is 0 Å². The van der Waals surface area contributed by atoms with Crippen molar-refractivity contribution < 1.29 is 23.8 Å². The molecule has 0 heterocycles. The van der Waals surface area contributed by atoms with Gasteiger partial charge in [-0.2, -0.15) is 0 Å². The van der Waals surface area contributed by atoms with Gasteiger partial charge in [-0.3, -0.25) is 4.79 Å². The molecule has 0 unspecified atom stereocenters. The van der Waals surface area contributed by atoms with Crippen LogP contribution in [0.3, 0.4) is 0 Å². The number of carbonyl (C=O) groups is 1. The molecule has 0 radical (unpaired) electrons. The minimum absolute atomic E-state index is 0.0440. The second-order valence-electron chi connectivity index (χ2n) is 4.05. The number of benzene rings is 1. The van der Waals surface area contributed by atoms with Crippen molar-refractivity contribution in [2.24, 2.45) is 0 Å². The van der Waals surface area contributed by atoms with Crippen LogP contribution < -0.4 is 9.47 Å².